The largest absolute Gasteiger partial charge is 0.472 e. The summed E-state index contributed by atoms with van der Waals surface area (Å²) in [4.78, 5) is 17.4. The molecule has 3 rings (SSSR count). The molecule has 0 unspecified atom stereocenters. The number of aromatic nitrogens is 3. The Morgan fingerprint density at radius 2 is 2.04 bits per heavy atom. The molecule has 0 aliphatic heterocycles. The Balaban J connectivity index is 2.10. The molecule has 0 N–H and O–H groups in total. The second kappa shape index (κ2) is 7.52. The summed E-state index contributed by atoms with van der Waals surface area (Å²) < 4.78 is 34.2. The van der Waals surface area contributed by atoms with E-state index < -0.39 is 12.5 Å². The number of halogens is 3. The second-order valence-corrected chi connectivity index (χ2v) is 7.77. The molecule has 27 heavy (non-hydrogen) atoms. The van der Waals surface area contributed by atoms with E-state index >= 15 is 0 Å². The molecule has 0 saturated heterocycles. The van der Waals surface area contributed by atoms with Gasteiger partial charge in [0.15, 0.2) is 12.5 Å². The smallest absolute Gasteiger partial charge is 0.278 e. The van der Waals surface area contributed by atoms with Gasteiger partial charge in [-0.1, -0.05) is 18.5 Å². The van der Waals surface area contributed by atoms with Crippen LogP contribution in [0.3, 0.4) is 0 Å². The third kappa shape index (κ3) is 4.11. The summed E-state index contributed by atoms with van der Waals surface area (Å²) in [7, 11) is 1.48. The van der Waals surface area contributed by atoms with Gasteiger partial charge in [-0.15, -0.1) is 11.8 Å². The minimum absolute atomic E-state index is 0.0711. The molecule has 0 aliphatic carbocycles. The maximum Gasteiger partial charge on any atom is 0.278 e. The van der Waals surface area contributed by atoms with Crippen molar-refractivity contribution in [2.24, 2.45) is 7.05 Å². The van der Waals surface area contributed by atoms with Crippen LogP contribution in [0, 0.1) is 0 Å². The van der Waals surface area contributed by atoms with Gasteiger partial charge >= 0.3 is 0 Å². The number of ether oxygens (including phenoxy) is 1. The number of hydrogen-bond acceptors (Lipinski definition) is 4. The maximum absolute atomic E-state index is 13.0. The number of imidazole rings is 1. The summed E-state index contributed by atoms with van der Waals surface area (Å²) in [5.41, 5.74) is 1.18. The summed E-state index contributed by atoms with van der Waals surface area (Å²) in [6.07, 6.45) is 1.75. The average molecular weight is 414 g/mol. The van der Waals surface area contributed by atoms with Gasteiger partial charge in [-0.05, 0) is 30.0 Å². The molecular weight excluding hydrogens is 396 g/mol. The van der Waals surface area contributed by atoms with Crippen LogP contribution in [0.15, 0.2) is 40.3 Å². The molecule has 0 atom stereocenters. The summed E-state index contributed by atoms with van der Waals surface area (Å²) in [6, 6.07) is 6.55. The highest BCUT2D eigenvalue weighted by Crippen LogP contribution is 2.32. The molecule has 144 valence electrons. The molecule has 0 aliphatic rings. The van der Waals surface area contributed by atoms with Gasteiger partial charge in [0.05, 0.1) is 10.6 Å². The summed E-state index contributed by atoms with van der Waals surface area (Å²) in [6.45, 7) is 1.96. The minimum atomic E-state index is -2.99. The van der Waals surface area contributed by atoms with E-state index in [9.17, 15) is 13.6 Å². The van der Waals surface area contributed by atoms with Gasteiger partial charge in [0, 0.05) is 20.2 Å². The van der Waals surface area contributed by atoms with Gasteiger partial charge in [0.25, 0.3) is 11.5 Å². The van der Waals surface area contributed by atoms with Crippen molar-refractivity contribution in [3.05, 3.63) is 45.8 Å². The topological polar surface area (TPSA) is 48.5 Å². The Morgan fingerprint density at radius 3 is 2.70 bits per heavy atom. The standard InChI is InChI=1S/C18H18ClF2N3O2S/c1-4-27-17-15(22-13-7-5-11(19)9-24(13)17)12-6-8-14(23(3)16(12)25)26-10-18(2,20)21/h5-9H,4,10H2,1-3H3. The van der Waals surface area contributed by atoms with Crippen LogP contribution in [0.5, 0.6) is 5.88 Å². The van der Waals surface area contributed by atoms with Crippen molar-refractivity contribution in [3.8, 4) is 17.1 Å². The zero-order chi connectivity index (χ0) is 19.8. The zero-order valence-electron chi connectivity index (χ0n) is 15.0. The molecule has 0 aromatic carbocycles. The first-order valence-electron chi connectivity index (χ1n) is 8.22. The highest BCUT2D eigenvalue weighted by molar-refractivity contribution is 7.99. The monoisotopic (exact) mass is 413 g/mol. The fraction of sp³-hybridized carbons (Fsp3) is 0.333. The fourth-order valence-electron chi connectivity index (χ4n) is 2.59. The van der Waals surface area contributed by atoms with Gasteiger partial charge in [-0.2, -0.15) is 0 Å². The van der Waals surface area contributed by atoms with Crippen LogP contribution in [0.1, 0.15) is 13.8 Å². The predicted octanol–water partition coefficient (Wildman–Crippen LogP) is 4.50. The normalized spacial score (nSPS) is 11.9. The fourth-order valence-corrected chi connectivity index (χ4v) is 3.60. The molecule has 0 fully saturated rings. The number of pyridine rings is 2. The summed E-state index contributed by atoms with van der Waals surface area (Å²) >= 11 is 7.63. The molecule has 0 amide bonds. The van der Waals surface area contributed by atoms with E-state index in [1.54, 1.807) is 24.4 Å². The second-order valence-electron chi connectivity index (χ2n) is 6.08. The lowest BCUT2D eigenvalue weighted by Gasteiger charge is -2.15. The maximum atomic E-state index is 13.0. The van der Waals surface area contributed by atoms with Crippen molar-refractivity contribution in [2.45, 2.75) is 24.8 Å². The van der Waals surface area contributed by atoms with Crippen molar-refractivity contribution in [1.82, 2.24) is 14.0 Å². The Hall–Kier alpha value is -2.06. The number of alkyl halides is 2. The quantitative estimate of drug-likeness (QED) is 0.558. The number of nitrogens with zero attached hydrogens (tertiary/aromatic N) is 3. The van der Waals surface area contributed by atoms with Gasteiger partial charge in [0.2, 0.25) is 0 Å². The van der Waals surface area contributed by atoms with Crippen molar-refractivity contribution < 1.29 is 13.5 Å². The Bertz CT molecular complexity index is 1040. The van der Waals surface area contributed by atoms with Crippen molar-refractivity contribution >= 4 is 29.0 Å². The van der Waals surface area contributed by atoms with E-state index in [4.69, 9.17) is 16.3 Å². The van der Waals surface area contributed by atoms with E-state index in [1.165, 1.54) is 29.4 Å². The van der Waals surface area contributed by atoms with Crippen LogP contribution in [0.2, 0.25) is 5.02 Å². The van der Waals surface area contributed by atoms with E-state index in [0.29, 0.717) is 21.9 Å². The number of hydrogen-bond donors (Lipinski definition) is 0. The van der Waals surface area contributed by atoms with E-state index in [1.807, 2.05) is 11.3 Å². The van der Waals surface area contributed by atoms with Crippen molar-refractivity contribution in [3.63, 3.8) is 0 Å². The van der Waals surface area contributed by atoms with Crippen molar-refractivity contribution in [1.29, 1.82) is 0 Å². The van der Waals surface area contributed by atoms with Gasteiger partial charge in [-0.25, -0.2) is 13.8 Å². The van der Waals surface area contributed by atoms with Crippen molar-refractivity contribution in [2.75, 3.05) is 12.4 Å². The number of fused-ring (bicyclic) bond motifs is 1. The molecule has 9 heteroatoms. The molecule has 0 radical (unpaired) electrons. The lowest BCUT2D eigenvalue weighted by atomic mass is 10.2. The highest BCUT2D eigenvalue weighted by atomic mass is 35.5. The third-order valence-electron chi connectivity index (χ3n) is 3.81. The molecule has 0 spiro atoms. The molecule has 5 nitrogen and oxygen atoms in total. The molecule has 3 aromatic heterocycles. The lowest BCUT2D eigenvalue weighted by Crippen LogP contribution is -2.25. The van der Waals surface area contributed by atoms with Crippen LogP contribution in [0.25, 0.3) is 16.9 Å². The Labute approximate surface area is 163 Å². The third-order valence-corrected chi connectivity index (χ3v) is 4.98. The molecule has 3 aromatic rings. The van der Waals surface area contributed by atoms with Crippen LogP contribution in [-0.2, 0) is 7.05 Å². The molecular formula is C18H18ClF2N3O2S. The van der Waals surface area contributed by atoms with Crippen LogP contribution in [0.4, 0.5) is 8.78 Å². The van der Waals surface area contributed by atoms with Gasteiger partial charge < -0.3 is 4.74 Å². The first kappa shape index (κ1) is 19.7. The number of rotatable bonds is 6. The molecule has 3 heterocycles. The van der Waals surface area contributed by atoms with E-state index in [-0.39, 0.29) is 11.4 Å². The minimum Gasteiger partial charge on any atom is -0.472 e. The lowest BCUT2D eigenvalue weighted by molar-refractivity contribution is -0.0252. The van der Waals surface area contributed by atoms with Crippen LogP contribution in [-0.4, -0.2) is 32.2 Å². The Kier molecular flexibility index (Phi) is 5.48. The summed E-state index contributed by atoms with van der Waals surface area (Å²) in [5, 5.41) is 1.35. The first-order valence-corrected chi connectivity index (χ1v) is 9.59. The Morgan fingerprint density at radius 1 is 1.30 bits per heavy atom. The first-order chi connectivity index (χ1) is 12.7. The highest BCUT2D eigenvalue weighted by Gasteiger charge is 2.23. The molecule has 0 bridgehead atoms. The predicted molar refractivity (Wildman–Crippen MR) is 103 cm³/mol. The van der Waals surface area contributed by atoms with Crippen LogP contribution < -0.4 is 10.3 Å². The zero-order valence-corrected chi connectivity index (χ0v) is 16.6. The molecule has 0 saturated carbocycles. The van der Waals surface area contributed by atoms with E-state index in [2.05, 4.69) is 4.98 Å². The van der Waals surface area contributed by atoms with Gasteiger partial charge in [0.1, 0.15) is 16.4 Å². The van der Waals surface area contributed by atoms with Crippen LogP contribution >= 0.6 is 23.4 Å². The summed E-state index contributed by atoms with van der Waals surface area (Å²) in [5.74, 6) is -2.14. The van der Waals surface area contributed by atoms with Gasteiger partial charge in [-0.3, -0.25) is 13.8 Å². The SMILES string of the molecule is CCSc1c(-c2ccc(OCC(C)(F)F)n(C)c2=O)nc2ccc(Cl)cn12. The number of thioether (sulfide) groups is 1. The average Bonchev–Trinajstić information content (AvgIpc) is 2.93. The van der Waals surface area contributed by atoms with E-state index in [0.717, 1.165) is 17.7 Å².